The third-order valence-corrected chi connectivity index (χ3v) is 28.5. The molecule has 746 valence electrons. The number of amidine groups is 2. The molecule has 0 spiro atoms. The second-order valence-corrected chi connectivity index (χ2v) is 43.5. The van der Waals surface area contributed by atoms with Crippen molar-refractivity contribution < 1.29 is 62.3 Å². The van der Waals surface area contributed by atoms with E-state index in [1.807, 2.05) is 75.7 Å². The standard InChI is InChI=1S/C13H14F3N3OS.C12H12F3N3OS.C11H10F3N3OS.C10H10BrN3OS2.C10H8F3N3OS.C9H8BrN3OS2.C8H10BrN3OS.C8H10ClN3OS/c1-3-4-11-17-8(2)18-12(20)19(11)7-9-5-6-10(21-9)13(14,15)16;1-3-10-16-7(2)17-11(19)18(10)6-8-4-5-9(20-8)12(13,14)15;1-6-15-7(2)17(10(18)16-6)5-8-3-4-9(19-8)11(12,13)14;1-6-12-9(16-2)13-10(15)14(6)5-7-3-4-8(11)17-7;1-6-14-5-16(9(17)15-6)4-7-2-3-8(18-7)10(11,12)13;1-15-8-11-5-13(9(14)12-8)4-6-2-3-7(10)16-6;2*1-5(10)12-8(13)11-4-6-2-3-7(9)14-6/h5-6H,3-4,7H2,1-2H3;4-5H,3,6H2,1-2H3;3-4H,5H2,1-2H3;3-4H,5H2,1-2H3;2-3,5H,4H2,1H3;2-3,5H,4H2,1H3;2*2-3H,4H2,1H3,(H3,10,11,12,13). The van der Waals surface area contributed by atoms with Crippen molar-refractivity contribution in [1.82, 2.24) is 108 Å². The molecule has 6 N–H and O–H groups in total. The highest BCUT2D eigenvalue weighted by molar-refractivity contribution is 9.11. The number of carbonyl (C=O) groups excluding carboxylic acids is 2. The van der Waals surface area contributed by atoms with Crippen LogP contribution >= 0.6 is 174 Å². The highest BCUT2D eigenvalue weighted by atomic mass is 79.9. The van der Waals surface area contributed by atoms with Crippen molar-refractivity contribution in [2.45, 2.75) is 176 Å². The number of thioether (sulfide) groups is 2. The lowest BCUT2D eigenvalue weighted by molar-refractivity contribution is -0.135. The Labute approximate surface area is 853 Å². The van der Waals surface area contributed by atoms with Gasteiger partial charge in [0.25, 0.3) is 0 Å². The number of nitrogens with zero attached hydrogens (tertiary/aromatic N) is 18. The molecule has 14 rings (SSSR count). The van der Waals surface area contributed by atoms with E-state index in [2.05, 4.69) is 129 Å². The van der Waals surface area contributed by atoms with E-state index in [9.17, 15) is 91.0 Å². The molecular weight excluding hydrogens is 2260 g/mol. The molecule has 58 heteroatoms. The Bertz CT molecular complexity index is 6830. The Kier molecular flexibility index (Phi) is 45.2. The fourth-order valence-electron chi connectivity index (χ4n) is 10.8. The minimum atomic E-state index is -4.36. The van der Waals surface area contributed by atoms with Gasteiger partial charge in [-0.15, -0.1) is 90.7 Å². The number of thiophene rings is 8. The summed E-state index contributed by atoms with van der Waals surface area (Å²) < 4.78 is 162. The molecule has 0 fully saturated rings. The van der Waals surface area contributed by atoms with E-state index in [1.54, 1.807) is 79.3 Å². The average molecular weight is 2340 g/mol. The van der Waals surface area contributed by atoms with E-state index >= 15 is 0 Å². The SMILES string of the molecule is CC(=N)NC(=O)NCc1ccc(Br)s1.CC(=N)NC(=O)NCc1ccc(Cl)s1.CCCc1nc(C)nc(=O)n1Cc1ccc(C(F)(F)F)s1.CCc1nc(C)nc(=O)n1Cc1ccc(C(F)(F)F)s1.CSc1nc(C)n(Cc2ccc(Br)s2)c(=O)n1.CSc1ncn(Cc2ccc(Br)s2)c(=O)n1.Cc1nc(C)n(Cc2ccc(C(F)(F)F)s2)c(=O)n1.Cc1ncn(Cc2ccc(C(F)(F)F)s2)c(=O)n1. The van der Waals surface area contributed by atoms with Crippen molar-refractivity contribution in [3.05, 3.63) is 293 Å². The summed E-state index contributed by atoms with van der Waals surface area (Å²) in [5, 5.41) is 25.0. The van der Waals surface area contributed by atoms with Crippen molar-refractivity contribution in [2.24, 2.45) is 0 Å². The molecule has 4 amide bonds. The van der Waals surface area contributed by atoms with Gasteiger partial charge in [-0.1, -0.05) is 49.0 Å². The zero-order valence-electron chi connectivity index (χ0n) is 74.6. The molecule has 0 unspecified atom stereocenters. The normalized spacial score (nSPS) is 11.1. The molecule has 0 aliphatic carbocycles. The summed E-state index contributed by atoms with van der Waals surface area (Å²) >= 11 is 27.2. The van der Waals surface area contributed by atoms with Crippen LogP contribution in [0.3, 0.4) is 0 Å². The molecule has 32 nitrogen and oxygen atoms in total. The first kappa shape index (κ1) is 116. The molecule has 14 heterocycles. The van der Waals surface area contributed by atoms with Crippen LogP contribution in [-0.2, 0) is 89.9 Å². The van der Waals surface area contributed by atoms with Gasteiger partial charge in [0.15, 0.2) is 10.3 Å². The van der Waals surface area contributed by atoms with E-state index < -0.39 is 67.0 Å². The maximum Gasteiger partial charge on any atom is 0.425 e. The number of hydrogen-bond donors (Lipinski definition) is 6. The van der Waals surface area contributed by atoms with Gasteiger partial charge in [0.2, 0.25) is 0 Å². The zero-order valence-corrected chi connectivity index (χ0v) is 88.3. The Morgan fingerprint density at radius 1 is 0.381 bits per heavy atom. The van der Waals surface area contributed by atoms with Gasteiger partial charge in [-0.25, -0.2) is 68.3 Å². The van der Waals surface area contributed by atoms with Gasteiger partial charge in [-0.3, -0.25) is 48.9 Å². The summed E-state index contributed by atoms with van der Waals surface area (Å²) in [6, 6.07) is 24.2. The molecule has 14 aromatic rings. The van der Waals surface area contributed by atoms with Gasteiger partial charge < -0.3 is 10.6 Å². The van der Waals surface area contributed by atoms with Gasteiger partial charge in [-0.2, -0.15) is 82.6 Å². The van der Waals surface area contributed by atoms with Crippen molar-refractivity contribution >= 4 is 197 Å². The monoisotopic (exact) mass is 2340 g/mol. The molecule has 0 atom stereocenters. The zero-order chi connectivity index (χ0) is 103. The first-order valence-corrected chi connectivity index (χ1v) is 51.4. The molecule has 0 bridgehead atoms. The molecule has 0 aliphatic heterocycles. The van der Waals surface area contributed by atoms with Gasteiger partial charge in [0.05, 0.1) is 79.7 Å². The summed E-state index contributed by atoms with van der Waals surface area (Å²) in [7, 11) is 0. The molecule has 0 saturated carbocycles. The predicted octanol–water partition coefficient (Wildman–Crippen LogP) is 19.4. The topological polar surface area (TPSA) is 417 Å². The van der Waals surface area contributed by atoms with Crippen molar-refractivity contribution in [2.75, 3.05) is 12.5 Å². The number of aryl methyl sites for hydroxylation is 8. The Morgan fingerprint density at radius 3 is 1.04 bits per heavy atom. The fourth-order valence-corrected chi connectivity index (χ4v) is 20.4. The second kappa shape index (κ2) is 54.2. The smallest absolute Gasteiger partial charge is 0.333 e. The number of hydrogen-bond acceptors (Lipinski definition) is 32. The van der Waals surface area contributed by atoms with Gasteiger partial charge in [-0.05, 0) is 219 Å². The molecule has 0 aromatic carbocycles. The Hall–Kier alpha value is -10.1. The molecule has 0 radical (unpaired) electrons. The summed E-state index contributed by atoms with van der Waals surface area (Å²) in [5.74, 6) is 3.87. The summed E-state index contributed by atoms with van der Waals surface area (Å²) in [4.78, 5) is 143. The molecule has 14 aromatic heterocycles. The van der Waals surface area contributed by atoms with Crippen LogP contribution in [-0.4, -0.2) is 123 Å². The predicted molar refractivity (Wildman–Crippen MR) is 528 cm³/mol. The largest absolute Gasteiger partial charge is 0.425 e. The molecule has 139 heavy (non-hydrogen) atoms. The summed E-state index contributed by atoms with van der Waals surface area (Å²) in [5.41, 5.74) is -2.50. The van der Waals surface area contributed by atoms with E-state index in [4.69, 9.17) is 22.4 Å². The second-order valence-electron chi connectivity index (χ2n) is 27.8. The number of urea groups is 2. The lowest BCUT2D eigenvalue weighted by atomic mass is 10.3. The number of aromatic nitrogens is 18. The Balaban J connectivity index is 0.000000217. The number of carbonyl (C=O) groups is 2. The maximum atomic E-state index is 12.6. The highest BCUT2D eigenvalue weighted by Gasteiger charge is 2.36. The Morgan fingerprint density at radius 2 is 0.698 bits per heavy atom. The number of rotatable bonds is 21. The van der Waals surface area contributed by atoms with Crippen LogP contribution in [0.5, 0.6) is 0 Å². The van der Waals surface area contributed by atoms with Gasteiger partial charge in [0.1, 0.15) is 78.8 Å². The lowest BCUT2D eigenvalue weighted by Crippen LogP contribution is -2.37. The maximum absolute atomic E-state index is 12.6. The molecule has 0 aliphatic rings. The number of amides is 4. The van der Waals surface area contributed by atoms with Crippen LogP contribution in [0.25, 0.3) is 0 Å². The molecular formula is C81H82Br3ClF12N24O8S10. The van der Waals surface area contributed by atoms with Crippen LogP contribution in [0.2, 0.25) is 4.34 Å². The number of halogens is 16. The molecule has 0 saturated heterocycles. The van der Waals surface area contributed by atoms with Crippen molar-refractivity contribution in [3.63, 3.8) is 0 Å². The van der Waals surface area contributed by atoms with Crippen LogP contribution in [0.15, 0.2) is 160 Å². The van der Waals surface area contributed by atoms with Crippen molar-refractivity contribution in [1.29, 1.82) is 10.8 Å². The quantitative estimate of drug-likeness (QED) is 0.0168. The third-order valence-electron chi connectivity index (χ3n) is 16.9. The van der Waals surface area contributed by atoms with Crippen LogP contribution in [0.4, 0.5) is 62.3 Å². The minimum Gasteiger partial charge on any atom is -0.333 e. The lowest BCUT2D eigenvalue weighted by Gasteiger charge is -2.10. The minimum absolute atomic E-state index is 0.0415. The van der Waals surface area contributed by atoms with E-state index in [0.29, 0.717) is 165 Å². The first-order valence-electron chi connectivity index (χ1n) is 39.7. The summed E-state index contributed by atoms with van der Waals surface area (Å²) in [6.07, 6.45) is -9.03. The van der Waals surface area contributed by atoms with E-state index in [1.165, 1.54) is 108 Å². The highest BCUT2D eigenvalue weighted by Crippen LogP contribution is 2.39. The van der Waals surface area contributed by atoms with Crippen molar-refractivity contribution in [3.8, 4) is 0 Å². The van der Waals surface area contributed by atoms with Crippen LogP contribution in [0.1, 0.15) is 139 Å². The summed E-state index contributed by atoms with van der Waals surface area (Å²) in [6.45, 7) is 18.8. The van der Waals surface area contributed by atoms with Crippen LogP contribution < -0.4 is 55.4 Å². The first-order chi connectivity index (χ1) is 65.2. The van der Waals surface area contributed by atoms with E-state index in [-0.39, 0.29) is 61.3 Å². The van der Waals surface area contributed by atoms with Gasteiger partial charge in [0, 0.05) is 51.9 Å². The van der Waals surface area contributed by atoms with Crippen LogP contribution in [0, 0.1) is 52.4 Å². The number of alkyl halides is 12. The fraction of sp³-hybridized carbons (Fsp3) is 0.333. The average Bonchev–Trinajstić information content (AvgIpc) is 1.66. The van der Waals surface area contributed by atoms with Gasteiger partial charge >= 0.3 is 70.9 Å². The third kappa shape index (κ3) is 39.4. The van der Waals surface area contributed by atoms with E-state index in [0.717, 1.165) is 61.6 Å². The number of nitrogens with one attached hydrogen (secondary N) is 6.